The predicted octanol–water partition coefficient (Wildman–Crippen LogP) is 4.17. The molecular formula is C14H22ClN3S. The molecule has 1 saturated carbocycles. The SMILES string of the molecule is CCCc1nc(Cl)cc(NC2CCCCC2SC)n1. The molecule has 1 aromatic rings. The van der Waals surface area contributed by atoms with Gasteiger partial charge in [0.25, 0.3) is 0 Å². The fourth-order valence-corrected chi connectivity index (χ4v) is 3.74. The second-order valence-corrected chi connectivity index (χ2v) is 6.52. The topological polar surface area (TPSA) is 37.8 Å². The van der Waals surface area contributed by atoms with Crippen LogP contribution in [0.4, 0.5) is 5.82 Å². The standard InChI is InChI=1S/C14H22ClN3S/c1-3-6-13-17-12(15)9-14(18-13)16-10-7-4-5-8-11(10)19-2/h9-11H,3-8H2,1-2H3,(H,16,17,18). The molecule has 19 heavy (non-hydrogen) atoms. The Bertz CT molecular complexity index is 414. The van der Waals surface area contributed by atoms with Crippen molar-refractivity contribution >= 4 is 29.2 Å². The highest BCUT2D eigenvalue weighted by Gasteiger charge is 2.24. The number of nitrogens with zero attached hydrogens (tertiary/aromatic N) is 2. The number of thioether (sulfide) groups is 1. The van der Waals surface area contributed by atoms with Gasteiger partial charge in [-0.05, 0) is 25.5 Å². The molecule has 0 spiro atoms. The van der Waals surface area contributed by atoms with E-state index in [0.29, 0.717) is 16.4 Å². The number of hydrogen-bond donors (Lipinski definition) is 1. The van der Waals surface area contributed by atoms with Crippen LogP contribution in [0.5, 0.6) is 0 Å². The Morgan fingerprint density at radius 1 is 1.37 bits per heavy atom. The van der Waals surface area contributed by atoms with E-state index < -0.39 is 0 Å². The van der Waals surface area contributed by atoms with Crippen LogP contribution in [0.3, 0.4) is 0 Å². The summed E-state index contributed by atoms with van der Waals surface area (Å²) in [6.45, 7) is 2.13. The van der Waals surface area contributed by atoms with Gasteiger partial charge in [-0.3, -0.25) is 0 Å². The lowest BCUT2D eigenvalue weighted by atomic mass is 9.95. The van der Waals surface area contributed by atoms with Gasteiger partial charge >= 0.3 is 0 Å². The Morgan fingerprint density at radius 2 is 2.16 bits per heavy atom. The number of halogens is 1. The van der Waals surface area contributed by atoms with Gasteiger partial charge in [0.15, 0.2) is 0 Å². The molecule has 0 bridgehead atoms. The van der Waals surface area contributed by atoms with Gasteiger partial charge in [0, 0.05) is 23.8 Å². The minimum absolute atomic E-state index is 0.504. The van der Waals surface area contributed by atoms with Crippen molar-refractivity contribution in [2.45, 2.75) is 56.7 Å². The zero-order chi connectivity index (χ0) is 13.7. The van der Waals surface area contributed by atoms with Crippen LogP contribution >= 0.6 is 23.4 Å². The van der Waals surface area contributed by atoms with E-state index >= 15 is 0 Å². The van der Waals surface area contributed by atoms with Gasteiger partial charge in [0.1, 0.15) is 16.8 Å². The number of nitrogens with one attached hydrogen (secondary N) is 1. The number of aromatic nitrogens is 2. The molecule has 0 radical (unpaired) electrons. The van der Waals surface area contributed by atoms with Gasteiger partial charge in [0.05, 0.1) is 0 Å². The van der Waals surface area contributed by atoms with Crippen molar-refractivity contribution in [3.63, 3.8) is 0 Å². The lowest BCUT2D eigenvalue weighted by Gasteiger charge is -2.31. The van der Waals surface area contributed by atoms with Crippen LogP contribution in [0.1, 0.15) is 44.9 Å². The predicted molar refractivity (Wildman–Crippen MR) is 84.2 cm³/mol. The van der Waals surface area contributed by atoms with Gasteiger partial charge in [0.2, 0.25) is 0 Å². The van der Waals surface area contributed by atoms with E-state index in [4.69, 9.17) is 11.6 Å². The highest BCUT2D eigenvalue weighted by Crippen LogP contribution is 2.29. The molecule has 1 N–H and O–H groups in total. The first kappa shape index (κ1) is 14.9. The second kappa shape index (κ2) is 7.34. The Hall–Kier alpha value is -0.480. The highest BCUT2D eigenvalue weighted by atomic mass is 35.5. The summed E-state index contributed by atoms with van der Waals surface area (Å²) in [5.74, 6) is 1.73. The van der Waals surface area contributed by atoms with Gasteiger partial charge in [-0.2, -0.15) is 11.8 Å². The van der Waals surface area contributed by atoms with Gasteiger partial charge in [-0.25, -0.2) is 9.97 Å². The summed E-state index contributed by atoms with van der Waals surface area (Å²) in [5.41, 5.74) is 0. The van der Waals surface area contributed by atoms with Crippen molar-refractivity contribution in [2.75, 3.05) is 11.6 Å². The van der Waals surface area contributed by atoms with Gasteiger partial charge < -0.3 is 5.32 Å². The third kappa shape index (κ3) is 4.25. The molecule has 2 atom stereocenters. The summed E-state index contributed by atoms with van der Waals surface area (Å²) >= 11 is 8.03. The third-order valence-corrected chi connectivity index (χ3v) is 4.92. The largest absolute Gasteiger partial charge is 0.366 e. The maximum absolute atomic E-state index is 6.08. The van der Waals surface area contributed by atoms with Crippen LogP contribution in [0, 0.1) is 0 Å². The van der Waals surface area contributed by atoms with E-state index in [1.165, 1.54) is 25.7 Å². The molecule has 3 nitrogen and oxygen atoms in total. The normalized spacial score (nSPS) is 23.3. The lowest BCUT2D eigenvalue weighted by Crippen LogP contribution is -2.34. The Balaban J connectivity index is 2.08. The van der Waals surface area contributed by atoms with Gasteiger partial charge in [-0.15, -0.1) is 0 Å². The number of hydrogen-bond acceptors (Lipinski definition) is 4. The molecule has 1 aliphatic rings. The molecule has 0 aliphatic heterocycles. The summed E-state index contributed by atoms with van der Waals surface area (Å²) in [7, 11) is 0. The van der Waals surface area contributed by atoms with Crippen LogP contribution in [-0.4, -0.2) is 27.5 Å². The molecule has 1 fully saturated rings. The maximum Gasteiger partial charge on any atom is 0.134 e. The molecule has 2 rings (SSSR count). The zero-order valence-corrected chi connectivity index (χ0v) is 13.2. The average Bonchev–Trinajstić information content (AvgIpc) is 2.39. The second-order valence-electron chi connectivity index (χ2n) is 5.05. The minimum atomic E-state index is 0.504. The first-order valence-electron chi connectivity index (χ1n) is 7.05. The van der Waals surface area contributed by atoms with Gasteiger partial charge in [-0.1, -0.05) is 31.4 Å². The zero-order valence-electron chi connectivity index (χ0n) is 11.7. The maximum atomic E-state index is 6.08. The first-order valence-corrected chi connectivity index (χ1v) is 8.72. The first-order chi connectivity index (χ1) is 9.22. The van der Waals surface area contributed by atoms with Crippen molar-refractivity contribution in [2.24, 2.45) is 0 Å². The number of aryl methyl sites for hydroxylation is 1. The van der Waals surface area contributed by atoms with Crippen molar-refractivity contribution < 1.29 is 0 Å². The Labute approximate surface area is 124 Å². The molecule has 106 valence electrons. The van der Waals surface area contributed by atoms with Crippen molar-refractivity contribution in [3.8, 4) is 0 Å². The molecule has 1 aliphatic carbocycles. The molecule has 0 saturated heterocycles. The number of rotatable bonds is 5. The van der Waals surface area contributed by atoms with Crippen molar-refractivity contribution in [1.82, 2.24) is 9.97 Å². The third-order valence-electron chi connectivity index (χ3n) is 3.55. The molecule has 2 unspecified atom stereocenters. The van der Waals surface area contributed by atoms with E-state index in [-0.39, 0.29) is 0 Å². The van der Waals surface area contributed by atoms with Crippen LogP contribution in [0.15, 0.2) is 6.07 Å². The van der Waals surface area contributed by atoms with E-state index in [0.717, 1.165) is 24.5 Å². The Kier molecular flexibility index (Phi) is 5.76. The summed E-state index contributed by atoms with van der Waals surface area (Å²) in [6.07, 6.45) is 9.27. The van der Waals surface area contributed by atoms with E-state index in [1.54, 1.807) is 0 Å². The molecule has 1 aromatic heterocycles. The van der Waals surface area contributed by atoms with Crippen molar-refractivity contribution in [1.29, 1.82) is 0 Å². The van der Waals surface area contributed by atoms with Crippen LogP contribution in [0.2, 0.25) is 5.15 Å². The Morgan fingerprint density at radius 3 is 2.89 bits per heavy atom. The quantitative estimate of drug-likeness (QED) is 0.828. The molecule has 0 aromatic carbocycles. The number of anilines is 1. The monoisotopic (exact) mass is 299 g/mol. The smallest absolute Gasteiger partial charge is 0.134 e. The molecule has 0 amide bonds. The minimum Gasteiger partial charge on any atom is -0.366 e. The fourth-order valence-electron chi connectivity index (χ4n) is 2.61. The van der Waals surface area contributed by atoms with E-state index in [9.17, 15) is 0 Å². The summed E-state index contributed by atoms with van der Waals surface area (Å²) in [6, 6.07) is 2.34. The van der Waals surface area contributed by atoms with Crippen LogP contribution in [0.25, 0.3) is 0 Å². The van der Waals surface area contributed by atoms with Crippen LogP contribution < -0.4 is 5.32 Å². The fraction of sp³-hybridized carbons (Fsp3) is 0.714. The summed E-state index contributed by atoms with van der Waals surface area (Å²) < 4.78 is 0. The van der Waals surface area contributed by atoms with E-state index in [1.807, 2.05) is 17.8 Å². The lowest BCUT2D eigenvalue weighted by molar-refractivity contribution is 0.474. The van der Waals surface area contributed by atoms with Crippen LogP contribution in [-0.2, 0) is 6.42 Å². The molecule has 5 heteroatoms. The van der Waals surface area contributed by atoms with Crippen molar-refractivity contribution in [3.05, 3.63) is 17.0 Å². The summed E-state index contributed by atoms with van der Waals surface area (Å²) in [4.78, 5) is 8.84. The van der Waals surface area contributed by atoms with E-state index in [2.05, 4.69) is 28.5 Å². The summed E-state index contributed by atoms with van der Waals surface area (Å²) in [5, 5.41) is 4.78. The molecular weight excluding hydrogens is 278 g/mol. The highest BCUT2D eigenvalue weighted by molar-refractivity contribution is 7.99. The average molecular weight is 300 g/mol. The molecule has 1 heterocycles.